The maximum absolute atomic E-state index is 12.0. The smallest absolute Gasteiger partial charge is 0.171 e. The number of halogens is 3. The highest BCUT2D eigenvalue weighted by Gasteiger charge is 2.25. The van der Waals surface area contributed by atoms with Gasteiger partial charge in [0.1, 0.15) is 0 Å². The zero-order valence-corrected chi connectivity index (χ0v) is 14.7. The molecule has 25 heavy (non-hydrogen) atoms. The van der Waals surface area contributed by atoms with Crippen molar-refractivity contribution in [3.05, 3.63) is 60.2 Å². The van der Waals surface area contributed by atoms with Crippen LogP contribution < -0.4 is 0 Å². The molecule has 0 bridgehead atoms. The molecule has 0 atom stereocenters. The van der Waals surface area contributed by atoms with E-state index in [-0.39, 0.29) is 6.42 Å². The molecule has 0 nitrogen and oxygen atoms in total. The van der Waals surface area contributed by atoms with Gasteiger partial charge in [-0.15, -0.1) is 0 Å². The Morgan fingerprint density at radius 2 is 1.08 bits per heavy atom. The second-order valence-electron chi connectivity index (χ2n) is 6.65. The van der Waals surface area contributed by atoms with E-state index in [2.05, 4.69) is 36.4 Å². The summed E-state index contributed by atoms with van der Waals surface area (Å²) in [6.07, 6.45) is 2.80. The summed E-state index contributed by atoms with van der Waals surface area (Å²) in [7, 11) is 0. The van der Waals surface area contributed by atoms with Gasteiger partial charge in [-0.2, -0.15) is 13.2 Å². The van der Waals surface area contributed by atoms with Gasteiger partial charge in [0, 0.05) is 6.42 Å². The molecule has 2 rings (SSSR count). The second kappa shape index (κ2) is 10.3. The maximum atomic E-state index is 12.0. The Kier molecular flexibility index (Phi) is 8.03. The first-order valence-electron chi connectivity index (χ1n) is 9.26. The summed E-state index contributed by atoms with van der Waals surface area (Å²) in [5.41, 5.74) is 3.83. The summed E-state index contributed by atoms with van der Waals surface area (Å²) in [6.45, 7) is 0. The molecule has 0 aromatic heterocycles. The predicted octanol–water partition coefficient (Wildman–Crippen LogP) is 7.58. The number of aryl methyl sites for hydroxylation is 1. The van der Waals surface area contributed by atoms with Crippen molar-refractivity contribution in [3.8, 4) is 11.1 Å². The van der Waals surface area contributed by atoms with Crippen molar-refractivity contribution in [1.82, 2.24) is 0 Å². The highest BCUT2D eigenvalue weighted by molar-refractivity contribution is 5.63. The van der Waals surface area contributed by atoms with Gasteiger partial charge < -0.3 is 0 Å². The third kappa shape index (κ3) is 8.24. The van der Waals surface area contributed by atoms with Crippen molar-refractivity contribution >= 4 is 0 Å². The molecule has 0 heterocycles. The molecular formula is C22H27F3. The first-order valence-corrected chi connectivity index (χ1v) is 9.26. The van der Waals surface area contributed by atoms with Crippen molar-refractivity contribution in [2.24, 2.45) is 0 Å². The average Bonchev–Trinajstić information content (AvgIpc) is 2.61. The lowest BCUT2D eigenvalue weighted by Gasteiger charge is -2.06. The van der Waals surface area contributed by atoms with Crippen LogP contribution in [0.15, 0.2) is 54.6 Å². The molecule has 2 aromatic rings. The Morgan fingerprint density at radius 1 is 0.560 bits per heavy atom. The molecule has 0 spiro atoms. The molecule has 0 unspecified atom stereocenters. The van der Waals surface area contributed by atoms with E-state index in [9.17, 15) is 13.2 Å². The van der Waals surface area contributed by atoms with Crippen molar-refractivity contribution in [2.45, 2.75) is 64.0 Å². The van der Waals surface area contributed by atoms with Gasteiger partial charge >= 0.3 is 6.18 Å². The van der Waals surface area contributed by atoms with Gasteiger partial charge in [0.15, 0.2) is 0 Å². The molecule has 136 valence electrons. The molecule has 2 aromatic carbocycles. The second-order valence-corrected chi connectivity index (χ2v) is 6.65. The first kappa shape index (κ1) is 19.6. The molecule has 0 N–H and O–H groups in total. The fraction of sp³-hybridized carbons (Fsp3) is 0.455. The Morgan fingerprint density at radius 3 is 1.68 bits per heavy atom. The van der Waals surface area contributed by atoms with Crippen LogP contribution in [0, 0.1) is 0 Å². The summed E-state index contributed by atoms with van der Waals surface area (Å²) >= 11 is 0. The van der Waals surface area contributed by atoms with Gasteiger partial charge in [-0.25, -0.2) is 0 Å². The van der Waals surface area contributed by atoms with Crippen LogP contribution in [0.3, 0.4) is 0 Å². The lowest BCUT2D eigenvalue weighted by molar-refractivity contribution is -0.135. The van der Waals surface area contributed by atoms with Crippen LogP contribution in [0.1, 0.15) is 56.9 Å². The van der Waals surface area contributed by atoms with Crippen LogP contribution in [0.5, 0.6) is 0 Å². The first-order chi connectivity index (χ1) is 12.0. The maximum Gasteiger partial charge on any atom is 0.389 e. The third-order valence-electron chi connectivity index (χ3n) is 4.49. The Labute approximate surface area is 149 Å². The summed E-state index contributed by atoms with van der Waals surface area (Å²) in [4.78, 5) is 0. The topological polar surface area (TPSA) is 0 Å². The van der Waals surface area contributed by atoms with Crippen LogP contribution in [-0.2, 0) is 6.42 Å². The van der Waals surface area contributed by atoms with E-state index < -0.39 is 12.6 Å². The Hall–Kier alpha value is -1.77. The fourth-order valence-corrected chi connectivity index (χ4v) is 3.03. The zero-order chi connectivity index (χ0) is 18.0. The van der Waals surface area contributed by atoms with Crippen LogP contribution in [-0.4, -0.2) is 6.18 Å². The molecule has 0 aliphatic rings. The van der Waals surface area contributed by atoms with Crippen molar-refractivity contribution < 1.29 is 13.2 Å². The lowest BCUT2D eigenvalue weighted by atomic mass is 10.0. The number of rotatable bonds is 10. The van der Waals surface area contributed by atoms with Crippen LogP contribution in [0.4, 0.5) is 13.2 Å². The number of alkyl halides is 3. The minimum absolute atomic E-state index is 0.275. The lowest BCUT2D eigenvalue weighted by Crippen LogP contribution is -2.06. The molecule has 0 saturated heterocycles. The number of hydrogen-bond acceptors (Lipinski definition) is 0. The largest absolute Gasteiger partial charge is 0.389 e. The van der Waals surface area contributed by atoms with Gasteiger partial charge in [0.25, 0.3) is 0 Å². The Balaban J connectivity index is 1.55. The molecule has 0 radical (unpaired) electrons. The molecule has 0 amide bonds. The fourth-order valence-electron chi connectivity index (χ4n) is 3.03. The molecule has 0 aliphatic carbocycles. The third-order valence-corrected chi connectivity index (χ3v) is 4.49. The number of hydrogen-bond donors (Lipinski definition) is 0. The SMILES string of the molecule is FC(F)(F)CCCCCCCCCc1ccc(-c2ccccc2)cc1. The van der Waals surface area contributed by atoms with Gasteiger partial charge in [-0.3, -0.25) is 0 Å². The highest BCUT2D eigenvalue weighted by Crippen LogP contribution is 2.23. The van der Waals surface area contributed by atoms with Gasteiger partial charge in [0.05, 0.1) is 0 Å². The van der Waals surface area contributed by atoms with Crippen LogP contribution in [0.25, 0.3) is 11.1 Å². The number of benzene rings is 2. The molecule has 0 fully saturated rings. The van der Waals surface area contributed by atoms with Crippen molar-refractivity contribution in [3.63, 3.8) is 0 Å². The van der Waals surface area contributed by atoms with E-state index in [1.165, 1.54) is 16.7 Å². The highest BCUT2D eigenvalue weighted by atomic mass is 19.4. The van der Waals surface area contributed by atoms with Crippen molar-refractivity contribution in [1.29, 1.82) is 0 Å². The van der Waals surface area contributed by atoms with Gasteiger partial charge in [-0.1, -0.05) is 86.7 Å². The van der Waals surface area contributed by atoms with E-state index in [0.29, 0.717) is 6.42 Å². The van der Waals surface area contributed by atoms with Gasteiger partial charge in [0.2, 0.25) is 0 Å². The number of unbranched alkanes of at least 4 members (excludes halogenated alkanes) is 6. The standard InChI is InChI=1S/C22H27F3/c23-22(24,25)18-10-5-3-1-2-4-7-11-19-14-16-21(17-15-19)20-12-8-6-9-13-20/h6,8-9,12-17H,1-5,7,10-11,18H2. The normalized spacial score (nSPS) is 11.6. The molecule has 0 aliphatic heterocycles. The molecule has 0 saturated carbocycles. The van der Waals surface area contributed by atoms with Crippen molar-refractivity contribution in [2.75, 3.05) is 0 Å². The van der Waals surface area contributed by atoms with E-state index in [1.807, 2.05) is 18.2 Å². The minimum Gasteiger partial charge on any atom is -0.171 e. The van der Waals surface area contributed by atoms with E-state index >= 15 is 0 Å². The van der Waals surface area contributed by atoms with E-state index in [0.717, 1.165) is 38.5 Å². The summed E-state index contributed by atoms with van der Waals surface area (Å²) < 4.78 is 36.0. The monoisotopic (exact) mass is 348 g/mol. The van der Waals surface area contributed by atoms with Crippen LogP contribution >= 0.6 is 0 Å². The van der Waals surface area contributed by atoms with E-state index in [1.54, 1.807) is 0 Å². The summed E-state index contributed by atoms with van der Waals surface area (Å²) in [6, 6.07) is 19.1. The summed E-state index contributed by atoms with van der Waals surface area (Å²) in [5.74, 6) is 0. The molecule has 3 heteroatoms. The van der Waals surface area contributed by atoms with Gasteiger partial charge in [-0.05, 0) is 36.0 Å². The molecular weight excluding hydrogens is 321 g/mol. The quantitative estimate of drug-likeness (QED) is 0.388. The van der Waals surface area contributed by atoms with E-state index in [4.69, 9.17) is 0 Å². The van der Waals surface area contributed by atoms with Crippen LogP contribution in [0.2, 0.25) is 0 Å². The minimum atomic E-state index is -3.99. The zero-order valence-electron chi connectivity index (χ0n) is 14.7. The Bertz CT molecular complexity index is 585. The average molecular weight is 348 g/mol. The summed E-state index contributed by atoms with van der Waals surface area (Å²) in [5, 5.41) is 0. The predicted molar refractivity (Wildman–Crippen MR) is 98.6 cm³/mol.